The fraction of sp³-hybridized carbons (Fsp3) is 0.875. The average Bonchev–Trinajstić information content (AvgIpc) is 3.09. The molecule has 178 valence electrons. The highest BCUT2D eigenvalue weighted by Crippen LogP contribution is 2.18. The van der Waals surface area contributed by atoms with E-state index in [-0.39, 0.29) is 17.9 Å². The van der Waals surface area contributed by atoms with Crippen LogP contribution in [0.3, 0.4) is 0 Å². The van der Waals surface area contributed by atoms with Crippen LogP contribution in [0.2, 0.25) is 0 Å². The number of hydrogen-bond donors (Lipinski definition) is 3. The third-order valence-corrected chi connectivity index (χ3v) is 6.29. The Morgan fingerprint density at radius 3 is 2.32 bits per heavy atom. The van der Waals surface area contributed by atoms with Crippen LogP contribution in [0.25, 0.3) is 0 Å². The lowest BCUT2D eigenvalue weighted by Gasteiger charge is -2.34. The number of carbonyl (C=O) groups is 2. The van der Waals surface area contributed by atoms with Crippen molar-refractivity contribution in [2.75, 3.05) is 26.2 Å². The van der Waals surface area contributed by atoms with E-state index in [0.717, 1.165) is 39.0 Å². The van der Waals surface area contributed by atoms with Gasteiger partial charge >= 0.3 is 0 Å². The lowest BCUT2D eigenvalue weighted by Crippen LogP contribution is -2.63. The molecular formula is C24H46N5O2+. The van der Waals surface area contributed by atoms with Crippen LogP contribution in [0.15, 0.2) is 0 Å². The SMILES string of the molecule is CC(C)C[C@@H](CN1CCC[N+]2=C1CCC2)NC(=O)C(C)(C)NC(=O)[C@@](C)(N)CC(C)C. The van der Waals surface area contributed by atoms with E-state index in [4.69, 9.17) is 5.73 Å². The Hall–Kier alpha value is -1.63. The fourth-order valence-corrected chi connectivity index (χ4v) is 4.90. The van der Waals surface area contributed by atoms with Crippen molar-refractivity contribution < 1.29 is 14.2 Å². The van der Waals surface area contributed by atoms with Crippen LogP contribution >= 0.6 is 0 Å². The van der Waals surface area contributed by atoms with Crippen molar-refractivity contribution in [2.45, 2.75) is 97.7 Å². The monoisotopic (exact) mass is 436 g/mol. The van der Waals surface area contributed by atoms with Gasteiger partial charge in [-0.05, 0) is 51.9 Å². The molecule has 2 heterocycles. The topological polar surface area (TPSA) is 90.5 Å². The first-order chi connectivity index (χ1) is 14.3. The molecule has 0 aliphatic carbocycles. The summed E-state index contributed by atoms with van der Waals surface area (Å²) < 4.78 is 2.50. The molecular weight excluding hydrogens is 390 g/mol. The van der Waals surface area contributed by atoms with Gasteiger partial charge in [0.1, 0.15) is 12.1 Å². The second-order valence-corrected chi connectivity index (χ2v) is 11.2. The van der Waals surface area contributed by atoms with Crippen LogP contribution in [-0.2, 0) is 9.59 Å². The predicted octanol–water partition coefficient (Wildman–Crippen LogP) is 2.09. The molecule has 0 aromatic carbocycles. The highest BCUT2D eigenvalue weighted by Gasteiger charge is 2.38. The van der Waals surface area contributed by atoms with E-state index in [1.165, 1.54) is 18.7 Å². The molecule has 0 aromatic heterocycles. The number of amides is 2. The number of nitrogens with zero attached hydrogens (tertiary/aromatic N) is 2. The van der Waals surface area contributed by atoms with Crippen LogP contribution in [0.5, 0.6) is 0 Å². The molecule has 0 saturated carbocycles. The zero-order chi connectivity index (χ0) is 23.4. The molecule has 7 heteroatoms. The molecule has 2 rings (SSSR count). The van der Waals surface area contributed by atoms with Gasteiger partial charge in [0.2, 0.25) is 17.6 Å². The minimum Gasteiger partial charge on any atom is -0.347 e. The third kappa shape index (κ3) is 7.19. The van der Waals surface area contributed by atoms with Gasteiger partial charge in [-0.15, -0.1) is 0 Å². The zero-order valence-electron chi connectivity index (χ0n) is 20.9. The molecule has 2 atom stereocenters. The standard InChI is InChI=1S/C24H45N5O2/c1-17(2)14-19(16-29-13-9-12-28-11-8-10-20(28)29)26-21(30)23(5,6)27-22(31)24(7,25)15-18(3)4/h17-19H,8-16,25H2,1-7H3,(H-,26,27,30,31)/p+1/t19-,24-/m0/s1. The third-order valence-electron chi connectivity index (χ3n) is 6.29. The van der Waals surface area contributed by atoms with E-state index in [9.17, 15) is 9.59 Å². The van der Waals surface area contributed by atoms with Crippen molar-refractivity contribution >= 4 is 17.6 Å². The van der Waals surface area contributed by atoms with Gasteiger partial charge in [0.15, 0.2) is 0 Å². The van der Waals surface area contributed by atoms with E-state index in [0.29, 0.717) is 18.3 Å². The van der Waals surface area contributed by atoms with E-state index >= 15 is 0 Å². The van der Waals surface area contributed by atoms with Crippen molar-refractivity contribution in [3.63, 3.8) is 0 Å². The minimum atomic E-state index is -1.03. The summed E-state index contributed by atoms with van der Waals surface area (Å²) in [5.41, 5.74) is 4.22. The summed E-state index contributed by atoms with van der Waals surface area (Å²) in [5.74, 6) is 1.77. The fourth-order valence-electron chi connectivity index (χ4n) is 4.90. The summed E-state index contributed by atoms with van der Waals surface area (Å²) in [4.78, 5) is 28.5. The van der Waals surface area contributed by atoms with Crippen LogP contribution in [0, 0.1) is 11.8 Å². The molecule has 2 aliphatic heterocycles. The maximum absolute atomic E-state index is 13.2. The van der Waals surface area contributed by atoms with Gasteiger partial charge in [-0.2, -0.15) is 0 Å². The van der Waals surface area contributed by atoms with Crippen molar-refractivity contribution in [3.05, 3.63) is 0 Å². The van der Waals surface area contributed by atoms with Gasteiger partial charge in [-0.1, -0.05) is 27.7 Å². The van der Waals surface area contributed by atoms with E-state index in [1.54, 1.807) is 20.8 Å². The number of hydrogen-bond acceptors (Lipinski definition) is 4. The summed E-state index contributed by atoms with van der Waals surface area (Å²) in [6.45, 7) is 17.9. The number of amidine groups is 1. The molecule has 0 aromatic rings. The molecule has 0 saturated heterocycles. The summed E-state index contributed by atoms with van der Waals surface area (Å²) in [6.07, 6.45) is 4.99. The van der Waals surface area contributed by atoms with Gasteiger partial charge in [-0.25, -0.2) is 0 Å². The lowest BCUT2D eigenvalue weighted by atomic mass is 9.89. The molecule has 0 radical (unpaired) electrons. The van der Waals surface area contributed by atoms with Gasteiger partial charge < -0.3 is 16.4 Å². The van der Waals surface area contributed by atoms with Gasteiger partial charge in [0, 0.05) is 6.42 Å². The van der Waals surface area contributed by atoms with Crippen LogP contribution in [0.4, 0.5) is 0 Å². The van der Waals surface area contributed by atoms with E-state index < -0.39 is 11.1 Å². The molecule has 2 aliphatic rings. The van der Waals surface area contributed by atoms with Crippen LogP contribution < -0.4 is 16.4 Å². The molecule has 0 spiro atoms. The first kappa shape index (κ1) is 25.6. The lowest BCUT2D eigenvalue weighted by molar-refractivity contribution is -0.530. The van der Waals surface area contributed by atoms with Crippen molar-refractivity contribution in [1.29, 1.82) is 0 Å². The molecule has 0 bridgehead atoms. The molecule has 31 heavy (non-hydrogen) atoms. The van der Waals surface area contributed by atoms with Crippen LogP contribution in [0.1, 0.15) is 80.6 Å². The van der Waals surface area contributed by atoms with Crippen molar-refractivity contribution in [3.8, 4) is 0 Å². The Labute approximate surface area is 189 Å². The maximum atomic E-state index is 13.2. The van der Waals surface area contributed by atoms with Crippen molar-refractivity contribution in [2.24, 2.45) is 17.6 Å². The summed E-state index contributed by atoms with van der Waals surface area (Å²) >= 11 is 0. The highest BCUT2D eigenvalue weighted by atomic mass is 16.2. The molecule has 7 nitrogen and oxygen atoms in total. The predicted molar refractivity (Wildman–Crippen MR) is 126 cm³/mol. The quantitative estimate of drug-likeness (QED) is 0.457. The number of nitrogens with one attached hydrogen (secondary N) is 2. The van der Waals surface area contributed by atoms with Crippen LogP contribution in [-0.4, -0.2) is 70.4 Å². The molecule has 0 unspecified atom stereocenters. The number of rotatable bonds is 10. The highest BCUT2D eigenvalue weighted by molar-refractivity contribution is 5.94. The maximum Gasteiger partial charge on any atom is 0.247 e. The van der Waals surface area contributed by atoms with E-state index in [1.807, 2.05) is 13.8 Å². The number of carbonyl (C=O) groups excluding carboxylic acids is 2. The second-order valence-electron chi connectivity index (χ2n) is 11.2. The van der Waals surface area contributed by atoms with E-state index in [2.05, 4.69) is 34.0 Å². The first-order valence-corrected chi connectivity index (χ1v) is 12.1. The van der Waals surface area contributed by atoms with Gasteiger partial charge in [0.25, 0.3) is 0 Å². The smallest absolute Gasteiger partial charge is 0.247 e. The Morgan fingerprint density at radius 2 is 1.71 bits per heavy atom. The average molecular weight is 437 g/mol. The normalized spacial score (nSPS) is 20.0. The second kappa shape index (κ2) is 10.3. The molecule has 2 amide bonds. The zero-order valence-corrected chi connectivity index (χ0v) is 20.9. The Kier molecular flexibility index (Phi) is 8.54. The Balaban J connectivity index is 2.05. The van der Waals surface area contributed by atoms with Gasteiger partial charge in [-0.3, -0.25) is 19.1 Å². The summed E-state index contributed by atoms with van der Waals surface area (Å²) in [6, 6.07) is 0.0386. The number of nitrogens with two attached hydrogens (primary N) is 1. The Morgan fingerprint density at radius 1 is 1.06 bits per heavy atom. The first-order valence-electron chi connectivity index (χ1n) is 12.1. The van der Waals surface area contributed by atoms with Crippen molar-refractivity contribution in [1.82, 2.24) is 15.5 Å². The minimum absolute atomic E-state index is 0.0386. The summed E-state index contributed by atoms with van der Waals surface area (Å²) in [7, 11) is 0. The largest absolute Gasteiger partial charge is 0.347 e. The molecule has 4 N–H and O–H groups in total. The Bertz CT molecular complexity index is 681. The van der Waals surface area contributed by atoms with Gasteiger partial charge in [0.05, 0.1) is 37.6 Å². The summed E-state index contributed by atoms with van der Waals surface area (Å²) in [5, 5.41) is 6.14. The molecule has 0 fully saturated rings.